The van der Waals surface area contributed by atoms with E-state index in [-0.39, 0.29) is 11.9 Å². The predicted molar refractivity (Wildman–Crippen MR) is 120 cm³/mol. The molecule has 162 valence electrons. The van der Waals surface area contributed by atoms with E-state index >= 15 is 0 Å². The third-order valence-corrected chi connectivity index (χ3v) is 5.84. The van der Waals surface area contributed by atoms with Crippen molar-refractivity contribution in [2.24, 2.45) is 0 Å². The Morgan fingerprint density at radius 3 is 2.50 bits per heavy atom. The van der Waals surface area contributed by atoms with E-state index in [1.165, 1.54) is 18.5 Å². The van der Waals surface area contributed by atoms with Crippen molar-refractivity contribution in [3.63, 3.8) is 0 Å². The quantitative estimate of drug-likeness (QED) is 0.469. The minimum absolute atomic E-state index is 0.205. The third kappa shape index (κ3) is 4.22. The average molecular weight is 430 g/mol. The fourth-order valence-electron chi connectivity index (χ4n) is 4.01. The Kier molecular flexibility index (Phi) is 5.60. The van der Waals surface area contributed by atoms with Gasteiger partial charge in [0.15, 0.2) is 5.75 Å². The molecule has 0 N–H and O–H groups in total. The van der Waals surface area contributed by atoms with Crippen molar-refractivity contribution < 1.29 is 9.13 Å². The first-order chi connectivity index (χ1) is 15.7. The molecule has 1 aliphatic rings. The summed E-state index contributed by atoms with van der Waals surface area (Å²) in [4.78, 5) is 22.0. The molecule has 3 heterocycles. The summed E-state index contributed by atoms with van der Waals surface area (Å²) >= 11 is 0. The van der Waals surface area contributed by atoms with Crippen LogP contribution in [0.3, 0.4) is 0 Å². The molecule has 0 spiro atoms. The maximum absolute atomic E-state index is 13.2. The van der Waals surface area contributed by atoms with Gasteiger partial charge in [-0.05, 0) is 36.8 Å². The van der Waals surface area contributed by atoms with Gasteiger partial charge in [-0.15, -0.1) is 0 Å². The van der Waals surface area contributed by atoms with Crippen molar-refractivity contribution in [2.45, 2.75) is 13.0 Å². The fraction of sp³-hybridized carbons (Fsp3) is 0.250. The Bertz CT molecular complexity index is 1210. The zero-order chi connectivity index (χ0) is 21.9. The highest BCUT2D eigenvalue weighted by Crippen LogP contribution is 2.28. The standard InChI is InChI=1S/C24H23FN6O/c1-17(18-5-7-19(25)8-6-18)30-11-13-31(14-12-30)22-15-23(29-16-28-22)32-21-4-2-3-20-24(21)27-10-9-26-20/h2-10,15-17H,11-14H2,1H3. The highest BCUT2D eigenvalue weighted by Gasteiger charge is 2.23. The first-order valence-corrected chi connectivity index (χ1v) is 10.6. The number of nitrogens with zero attached hydrogens (tertiary/aromatic N) is 6. The van der Waals surface area contributed by atoms with Gasteiger partial charge in [0.25, 0.3) is 0 Å². The van der Waals surface area contributed by atoms with E-state index in [1.54, 1.807) is 12.4 Å². The number of aromatic nitrogens is 4. The van der Waals surface area contributed by atoms with Crippen LogP contribution >= 0.6 is 0 Å². The van der Waals surface area contributed by atoms with E-state index in [2.05, 4.69) is 36.7 Å². The Labute approximate surface area is 185 Å². The van der Waals surface area contributed by atoms with Crippen molar-refractivity contribution in [1.29, 1.82) is 0 Å². The van der Waals surface area contributed by atoms with Gasteiger partial charge in [-0.3, -0.25) is 9.88 Å². The van der Waals surface area contributed by atoms with Crippen LogP contribution in [0, 0.1) is 5.82 Å². The minimum atomic E-state index is -0.205. The molecule has 0 amide bonds. The van der Waals surface area contributed by atoms with E-state index in [9.17, 15) is 4.39 Å². The third-order valence-electron chi connectivity index (χ3n) is 5.84. The Morgan fingerprint density at radius 2 is 1.69 bits per heavy atom. The normalized spacial score (nSPS) is 15.6. The maximum atomic E-state index is 13.2. The largest absolute Gasteiger partial charge is 0.436 e. The summed E-state index contributed by atoms with van der Waals surface area (Å²) in [5.74, 6) is 1.70. The van der Waals surface area contributed by atoms with E-state index in [1.807, 2.05) is 36.4 Å². The summed E-state index contributed by atoms with van der Waals surface area (Å²) in [5.41, 5.74) is 2.58. The molecule has 0 radical (unpaired) electrons. The zero-order valence-electron chi connectivity index (χ0n) is 17.7. The number of ether oxygens (including phenoxy) is 1. The van der Waals surface area contributed by atoms with E-state index in [0.717, 1.165) is 43.1 Å². The van der Waals surface area contributed by atoms with Crippen LogP contribution in [0.15, 0.2) is 67.3 Å². The highest BCUT2D eigenvalue weighted by atomic mass is 19.1. The lowest BCUT2D eigenvalue weighted by Gasteiger charge is -2.38. The Hall–Kier alpha value is -3.65. The van der Waals surface area contributed by atoms with Gasteiger partial charge in [-0.2, -0.15) is 0 Å². The molecule has 0 bridgehead atoms. The number of piperazine rings is 1. The lowest BCUT2D eigenvalue weighted by molar-refractivity contribution is 0.198. The maximum Gasteiger partial charge on any atom is 0.224 e. The van der Waals surface area contributed by atoms with E-state index in [0.29, 0.717) is 17.1 Å². The van der Waals surface area contributed by atoms with Gasteiger partial charge in [0.05, 0.1) is 5.52 Å². The minimum Gasteiger partial charge on any atom is -0.436 e. The second-order valence-corrected chi connectivity index (χ2v) is 7.75. The molecular formula is C24H23FN6O. The molecule has 8 heteroatoms. The summed E-state index contributed by atoms with van der Waals surface area (Å²) in [5, 5.41) is 0. The molecule has 1 atom stereocenters. The van der Waals surface area contributed by atoms with Crippen LogP contribution < -0.4 is 9.64 Å². The van der Waals surface area contributed by atoms with Crippen LogP contribution in [0.1, 0.15) is 18.5 Å². The number of benzene rings is 2. The van der Waals surface area contributed by atoms with Crippen LogP contribution in [0.2, 0.25) is 0 Å². The number of fused-ring (bicyclic) bond motifs is 1. The van der Waals surface area contributed by atoms with Crippen molar-refractivity contribution in [1.82, 2.24) is 24.8 Å². The summed E-state index contributed by atoms with van der Waals surface area (Å²) in [7, 11) is 0. The Balaban J connectivity index is 1.27. The molecule has 0 saturated carbocycles. The van der Waals surface area contributed by atoms with E-state index in [4.69, 9.17) is 4.74 Å². The lowest BCUT2D eigenvalue weighted by Crippen LogP contribution is -2.47. The van der Waals surface area contributed by atoms with Crippen LogP contribution in [-0.2, 0) is 0 Å². The summed E-state index contributed by atoms with van der Waals surface area (Å²) in [6, 6.07) is 14.5. The molecule has 1 unspecified atom stereocenters. The van der Waals surface area contributed by atoms with Gasteiger partial charge >= 0.3 is 0 Å². The van der Waals surface area contributed by atoms with Crippen molar-refractivity contribution >= 4 is 16.9 Å². The van der Waals surface area contributed by atoms with Crippen molar-refractivity contribution in [3.05, 3.63) is 78.6 Å². The smallest absolute Gasteiger partial charge is 0.224 e. The molecule has 0 aliphatic carbocycles. The van der Waals surface area contributed by atoms with Gasteiger partial charge < -0.3 is 9.64 Å². The zero-order valence-corrected chi connectivity index (χ0v) is 17.7. The molecule has 4 aromatic rings. The van der Waals surface area contributed by atoms with Gasteiger partial charge in [-0.1, -0.05) is 18.2 Å². The van der Waals surface area contributed by atoms with Crippen molar-refractivity contribution in [3.8, 4) is 11.6 Å². The van der Waals surface area contributed by atoms with Crippen LogP contribution in [0.25, 0.3) is 11.0 Å². The molecule has 7 nitrogen and oxygen atoms in total. The van der Waals surface area contributed by atoms with Gasteiger partial charge in [0.2, 0.25) is 5.88 Å². The van der Waals surface area contributed by atoms with Crippen LogP contribution in [-0.4, -0.2) is 51.0 Å². The first-order valence-electron chi connectivity index (χ1n) is 10.6. The number of para-hydroxylation sites is 1. The van der Waals surface area contributed by atoms with Crippen LogP contribution in [0.5, 0.6) is 11.6 Å². The SMILES string of the molecule is CC(c1ccc(F)cc1)N1CCN(c2cc(Oc3cccc4nccnc34)ncn2)CC1. The second kappa shape index (κ2) is 8.84. The topological polar surface area (TPSA) is 67.3 Å². The molecule has 2 aromatic carbocycles. The van der Waals surface area contributed by atoms with E-state index < -0.39 is 0 Å². The number of rotatable bonds is 5. The number of anilines is 1. The summed E-state index contributed by atoms with van der Waals surface area (Å²) in [6.07, 6.45) is 4.83. The number of halogens is 1. The molecular weight excluding hydrogens is 407 g/mol. The molecule has 5 rings (SSSR count). The fourth-order valence-corrected chi connectivity index (χ4v) is 4.01. The van der Waals surface area contributed by atoms with Crippen molar-refractivity contribution in [2.75, 3.05) is 31.1 Å². The monoisotopic (exact) mass is 430 g/mol. The molecule has 1 aliphatic heterocycles. The molecule has 1 fully saturated rings. The lowest BCUT2D eigenvalue weighted by atomic mass is 10.1. The average Bonchev–Trinajstić information content (AvgIpc) is 2.85. The summed E-state index contributed by atoms with van der Waals surface area (Å²) < 4.78 is 19.3. The first kappa shape index (κ1) is 20.3. The summed E-state index contributed by atoms with van der Waals surface area (Å²) in [6.45, 7) is 5.60. The van der Waals surface area contributed by atoms with Gasteiger partial charge in [0, 0.05) is 50.7 Å². The predicted octanol–water partition coefficient (Wildman–Crippen LogP) is 4.23. The van der Waals surface area contributed by atoms with Crippen LogP contribution in [0.4, 0.5) is 10.2 Å². The molecule has 2 aromatic heterocycles. The highest BCUT2D eigenvalue weighted by molar-refractivity contribution is 5.80. The molecule has 32 heavy (non-hydrogen) atoms. The van der Waals surface area contributed by atoms with Gasteiger partial charge in [0.1, 0.15) is 23.5 Å². The number of hydrogen-bond acceptors (Lipinski definition) is 7. The Morgan fingerprint density at radius 1 is 0.906 bits per heavy atom. The number of hydrogen-bond donors (Lipinski definition) is 0. The molecule has 1 saturated heterocycles. The van der Waals surface area contributed by atoms with Gasteiger partial charge in [-0.25, -0.2) is 19.3 Å². The second-order valence-electron chi connectivity index (χ2n) is 7.75.